The average molecular weight is 267 g/mol. The van der Waals surface area contributed by atoms with Crippen LogP contribution in [0.5, 0.6) is 5.88 Å². The van der Waals surface area contributed by atoms with E-state index in [1.807, 2.05) is 25.3 Å². The standard InChI is InChI=1S/C14H25NO2Si/c1-12-7-8-13(15-11-12)16-9-10-17-18(5,6)14(2,3)4/h7-8,11H,9-10H2,1-6H3. The van der Waals surface area contributed by atoms with Gasteiger partial charge in [-0.2, -0.15) is 0 Å². The zero-order valence-electron chi connectivity index (χ0n) is 12.4. The lowest BCUT2D eigenvalue weighted by atomic mass is 10.2. The summed E-state index contributed by atoms with van der Waals surface area (Å²) in [5, 5.41) is 0.245. The fraction of sp³-hybridized carbons (Fsp3) is 0.643. The van der Waals surface area contributed by atoms with Gasteiger partial charge in [0.2, 0.25) is 5.88 Å². The highest BCUT2D eigenvalue weighted by atomic mass is 28.4. The number of aryl methyl sites for hydroxylation is 1. The quantitative estimate of drug-likeness (QED) is 0.601. The van der Waals surface area contributed by atoms with Gasteiger partial charge in [-0.25, -0.2) is 4.98 Å². The molecule has 0 atom stereocenters. The number of pyridine rings is 1. The van der Waals surface area contributed by atoms with Crippen molar-refractivity contribution in [2.45, 2.75) is 45.8 Å². The van der Waals surface area contributed by atoms with Crippen LogP contribution in [0.15, 0.2) is 18.3 Å². The zero-order chi connectivity index (χ0) is 13.8. The topological polar surface area (TPSA) is 31.4 Å². The summed E-state index contributed by atoms with van der Waals surface area (Å²) in [6.45, 7) is 14.4. The van der Waals surface area contributed by atoms with Crippen LogP contribution in [0.4, 0.5) is 0 Å². The number of ether oxygens (including phenoxy) is 1. The first-order valence-corrected chi connectivity index (χ1v) is 9.33. The van der Waals surface area contributed by atoms with Gasteiger partial charge in [-0.1, -0.05) is 26.8 Å². The second kappa shape index (κ2) is 5.84. The Balaban J connectivity index is 2.33. The van der Waals surface area contributed by atoms with Crippen LogP contribution in [0.2, 0.25) is 18.1 Å². The minimum atomic E-state index is -1.65. The lowest BCUT2D eigenvalue weighted by molar-refractivity contribution is 0.199. The Morgan fingerprint density at radius 2 is 1.83 bits per heavy atom. The van der Waals surface area contributed by atoms with E-state index in [-0.39, 0.29) is 5.04 Å². The number of nitrogens with zero attached hydrogens (tertiary/aromatic N) is 1. The van der Waals surface area contributed by atoms with E-state index < -0.39 is 8.32 Å². The molecule has 0 spiro atoms. The maximum atomic E-state index is 6.03. The van der Waals surface area contributed by atoms with Crippen molar-refractivity contribution in [3.63, 3.8) is 0 Å². The molecule has 1 rings (SSSR count). The SMILES string of the molecule is Cc1ccc(OCCO[Si](C)(C)C(C)(C)C)nc1. The van der Waals surface area contributed by atoms with Crippen molar-refractivity contribution >= 4 is 8.32 Å². The third-order valence-electron chi connectivity index (χ3n) is 3.49. The molecule has 0 aromatic carbocycles. The minimum absolute atomic E-state index is 0.245. The smallest absolute Gasteiger partial charge is 0.213 e. The molecule has 1 aromatic rings. The molecule has 0 bridgehead atoms. The molecular formula is C14H25NO2Si. The minimum Gasteiger partial charge on any atom is -0.475 e. The van der Waals surface area contributed by atoms with Crippen LogP contribution in [-0.4, -0.2) is 26.5 Å². The van der Waals surface area contributed by atoms with Gasteiger partial charge in [-0.15, -0.1) is 0 Å². The summed E-state index contributed by atoms with van der Waals surface area (Å²) in [5.74, 6) is 0.666. The van der Waals surface area contributed by atoms with Crippen molar-refractivity contribution in [1.29, 1.82) is 0 Å². The Morgan fingerprint density at radius 1 is 1.17 bits per heavy atom. The van der Waals surface area contributed by atoms with Crippen LogP contribution < -0.4 is 4.74 Å². The Morgan fingerprint density at radius 3 is 2.33 bits per heavy atom. The highest BCUT2D eigenvalue weighted by Crippen LogP contribution is 2.36. The second-order valence-corrected chi connectivity index (χ2v) is 10.9. The number of hydrogen-bond acceptors (Lipinski definition) is 3. The van der Waals surface area contributed by atoms with Gasteiger partial charge >= 0.3 is 0 Å². The lowest BCUT2D eigenvalue weighted by Gasteiger charge is -2.36. The predicted octanol–water partition coefficient (Wildman–Crippen LogP) is 3.79. The summed E-state index contributed by atoms with van der Waals surface area (Å²) in [6, 6.07) is 3.89. The third kappa shape index (κ3) is 4.42. The molecule has 4 heteroatoms. The monoisotopic (exact) mass is 267 g/mol. The molecular weight excluding hydrogens is 242 g/mol. The van der Waals surface area contributed by atoms with Crippen LogP contribution in [0.1, 0.15) is 26.3 Å². The summed E-state index contributed by atoms with van der Waals surface area (Å²) in [7, 11) is -1.65. The summed E-state index contributed by atoms with van der Waals surface area (Å²) in [6.07, 6.45) is 1.81. The first-order valence-electron chi connectivity index (χ1n) is 6.42. The normalized spacial score (nSPS) is 12.6. The molecule has 0 saturated carbocycles. The summed E-state index contributed by atoms with van der Waals surface area (Å²) >= 11 is 0. The van der Waals surface area contributed by atoms with E-state index in [0.717, 1.165) is 5.56 Å². The first kappa shape index (κ1) is 15.2. The second-order valence-electron chi connectivity index (χ2n) is 6.13. The van der Waals surface area contributed by atoms with Crippen molar-refractivity contribution in [1.82, 2.24) is 4.98 Å². The van der Waals surface area contributed by atoms with Gasteiger partial charge in [-0.3, -0.25) is 0 Å². The molecule has 102 valence electrons. The molecule has 3 nitrogen and oxygen atoms in total. The van der Waals surface area contributed by atoms with E-state index in [0.29, 0.717) is 19.1 Å². The third-order valence-corrected chi connectivity index (χ3v) is 8.02. The highest BCUT2D eigenvalue weighted by Gasteiger charge is 2.36. The van der Waals surface area contributed by atoms with Gasteiger partial charge in [0.25, 0.3) is 0 Å². The summed E-state index contributed by atoms with van der Waals surface area (Å²) in [4.78, 5) is 4.19. The van der Waals surface area contributed by atoms with E-state index in [4.69, 9.17) is 9.16 Å². The van der Waals surface area contributed by atoms with Crippen LogP contribution in [-0.2, 0) is 4.43 Å². The van der Waals surface area contributed by atoms with E-state index in [9.17, 15) is 0 Å². The molecule has 0 radical (unpaired) electrons. The number of hydrogen-bond donors (Lipinski definition) is 0. The Labute approximate surface area is 112 Å². The van der Waals surface area contributed by atoms with Crippen LogP contribution in [0, 0.1) is 6.92 Å². The molecule has 18 heavy (non-hydrogen) atoms. The number of aromatic nitrogens is 1. The molecule has 0 fully saturated rings. The number of rotatable bonds is 5. The predicted molar refractivity (Wildman–Crippen MR) is 77.6 cm³/mol. The summed E-state index contributed by atoms with van der Waals surface area (Å²) < 4.78 is 11.6. The molecule has 1 aromatic heterocycles. The van der Waals surface area contributed by atoms with Crippen molar-refractivity contribution in [3.8, 4) is 5.88 Å². The van der Waals surface area contributed by atoms with Crippen molar-refractivity contribution < 1.29 is 9.16 Å². The van der Waals surface area contributed by atoms with E-state index in [1.54, 1.807) is 0 Å². The van der Waals surface area contributed by atoms with Gasteiger partial charge < -0.3 is 9.16 Å². The Hall–Kier alpha value is -0.873. The molecule has 0 aliphatic heterocycles. The largest absolute Gasteiger partial charge is 0.475 e. The van der Waals surface area contributed by atoms with Gasteiger partial charge in [0.1, 0.15) is 6.61 Å². The van der Waals surface area contributed by atoms with Crippen LogP contribution >= 0.6 is 0 Å². The van der Waals surface area contributed by atoms with Crippen LogP contribution in [0.3, 0.4) is 0 Å². The maximum absolute atomic E-state index is 6.03. The van der Waals surface area contributed by atoms with E-state index in [2.05, 4.69) is 38.8 Å². The van der Waals surface area contributed by atoms with E-state index in [1.165, 1.54) is 0 Å². The molecule has 0 aliphatic rings. The van der Waals surface area contributed by atoms with Gasteiger partial charge in [0, 0.05) is 12.3 Å². The molecule has 0 amide bonds. The average Bonchev–Trinajstić information content (AvgIpc) is 2.25. The molecule has 0 N–H and O–H groups in total. The first-order chi connectivity index (χ1) is 8.22. The van der Waals surface area contributed by atoms with Crippen molar-refractivity contribution in [2.24, 2.45) is 0 Å². The maximum Gasteiger partial charge on any atom is 0.213 e. The van der Waals surface area contributed by atoms with E-state index >= 15 is 0 Å². The van der Waals surface area contributed by atoms with Crippen molar-refractivity contribution in [3.05, 3.63) is 23.9 Å². The lowest BCUT2D eigenvalue weighted by Crippen LogP contribution is -2.41. The fourth-order valence-corrected chi connectivity index (χ4v) is 2.23. The van der Waals surface area contributed by atoms with Crippen LogP contribution in [0.25, 0.3) is 0 Å². The fourth-order valence-electron chi connectivity index (χ4n) is 1.20. The van der Waals surface area contributed by atoms with Gasteiger partial charge in [0.15, 0.2) is 8.32 Å². The van der Waals surface area contributed by atoms with Gasteiger partial charge in [0.05, 0.1) is 6.61 Å². The molecule has 0 unspecified atom stereocenters. The van der Waals surface area contributed by atoms with Crippen molar-refractivity contribution in [2.75, 3.05) is 13.2 Å². The Bertz CT molecular complexity index is 368. The Kier molecular flexibility index (Phi) is 4.93. The highest BCUT2D eigenvalue weighted by molar-refractivity contribution is 6.74. The van der Waals surface area contributed by atoms with Gasteiger partial charge in [-0.05, 0) is 30.6 Å². The summed E-state index contributed by atoms with van der Waals surface area (Å²) in [5.41, 5.74) is 1.14. The zero-order valence-corrected chi connectivity index (χ0v) is 13.4. The molecule has 1 heterocycles. The molecule has 0 saturated heterocycles. The molecule has 0 aliphatic carbocycles.